The number of carbonyl (C=O) groups excluding carboxylic acids is 3. The summed E-state index contributed by atoms with van der Waals surface area (Å²) in [6, 6.07) is 12.8. The Morgan fingerprint density at radius 1 is 1.07 bits per heavy atom. The smallest absolute Gasteiger partial charge is 0.581 e. The van der Waals surface area contributed by atoms with Gasteiger partial charge in [-0.15, -0.1) is 0 Å². The quantitative estimate of drug-likeness (QED) is 0.370. The van der Waals surface area contributed by atoms with Crippen molar-refractivity contribution in [3.63, 3.8) is 0 Å². The molecule has 1 heterocycles. The molecule has 10 heteroatoms. The first-order valence-electron chi connectivity index (χ1n) is 7.93. The van der Waals surface area contributed by atoms with E-state index in [0.29, 0.717) is 16.4 Å². The summed E-state index contributed by atoms with van der Waals surface area (Å²) in [5.41, 5.74) is 6.96. The summed E-state index contributed by atoms with van der Waals surface area (Å²) in [4.78, 5) is 33.6. The van der Waals surface area contributed by atoms with Crippen LogP contribution in [0.15, 0.2) is 53.4 Å². The van der Waals surface area contributed by atoms with Crippen LogP contribution in [0.3, 0.4) is 0 Å². The number of nitrogens with zero attached hydrogens (tertiary/aromatic N) is 1. The Hall–Kier alpha value is -1.10. The molecule has 0 radical (unpaired) electrons. The molecule has 0 aliphatic carbocycles. The minimum absolute atomic E-state index is 0. The number of benzene rings is 2. The number of hydrogen-bond donors (Lipinski definition) is 1. The van der Waals surface area contributed by atoms with Crippen molar-refractivity contribution in [1.29, 1.82) is 0 Å². The van der Waals surface area contributed by atoms with Crippen molar-refractivity contribution in [2.75, 3.05) is 0 Å². The predicted molar refractivity (Wildman–Crippen MR) is 99.0 cm³/mol. The average molecular weight is 428 g/mol. The number of nitrogens with two attached hydrogens (primary N) is 1. The van der Waals surface area contributed by atoms with E-state index in [-0.39, 0.29) is 65.5 Å². The number of thioether (sulfide) groups is 1. The molecule has 2 N–H and O–H groups in total. The number of aliphatic carboxylic acids is 1. The van der Waals surface area contributed by atoms with Gasteiger partial charge in [-0.25, -0.2) is 0 Å². The molecular formula is C19H14N2Na2O5S. The third-order valence-electron chi connectivity index (χ3n) is 3.70. The van der Waals surface area contributed by atoms with Crippen LogP contribution in [0.5, 0.6) is 11.5 Å². The Balaban J connectivity index is 0.00000210. The van der Waals surface area contributed by atoms with E-state index in [1.54, 1.807) is 54.6 Å². The van der Waals surface area contributed by atoms with E-state index in [1.807, 2.05) is 0 Å². The summed E-state index contributed by atoms with van der Waals surface area (Å²) < 4.78 is 5.72. The number of hydrogen-bond acceptors (Lipinski definition) is 7. The second kappa shape index (κ2) is 11.9. The zero-order chi connectivity index (χ0) is 19.4. The topological polar surface area (TPSA) is 124 Å². The van der Waals surface area contributed by atoms with Crippen LogP contribution in [-0.4, -0.2) is 23.2 Å². The Labute approximate surface area is 216 Å². The first-order chi connectivity index (χ1) is 12.9. The molecule has 1 fully saturated rings. The van der Waals surface area contributed by atoms with Gasteiger partial charge < -0.3 is 35.3 Å². The van der Waals surface area contributed by atoms with E-state index >= 15 is 0 Å². The minimum Gasteiger partial charge on any atom is -0.581 e. The summed E-state index contributed by atoms with van der Waals surface area (Å²) in [5.74, 6) is -0.648. The molecule has 0 aromatic heterocycles. The van der Waals surface area contributed by atoms with Crippen molar-refractivity contribution in [1.82, 2.24) is 0 Å². The molecule has 3 rings (SSSR count). The molecule has 0 spiro atoms. The molecule has 7 nitrogen and oxygen atoms in total. The van der Waals surface area contributed by atoms with Crippen molar-refractivity contribution in [2.24, 2.45) is 5.73 Å². The second-order valence-corrected chi connectivity index (χ2v) is 6.73. The van der Waals surface area contributed by atoms with Crippen LogP contribution >= 0.6 is 11.8 Å². The maximum atomic E-state index is 11.5. The van der Waals surface area contributed by atoms with Gasteiger partial charge in [0, 0.05) is 10.9 Å². The average Bonchev–Trinajstić information content (AvgIpc) is 2.95. The molecule has 1 aliphatic heterocycles. The van der Waals surface area contributed by atoms with E-state index < -0.39 is 23.2 Å². The summed E-state index contributed by atoms with van der Waals surface area (Å²) in [6.07, 6.45) is 1.78. The van der Waals surface area contributed by atoms with Gasteiger partial charge in [0.1, 0.15) is 16.7 Å². The van der Waals surface area contributed by atoms with Gasteiger partial charge in [-0.3, -0.25) is 0 Å². The molecule has 1 aliphatic rings. The van der Waals surface area contributed by atoms with Gasteiger partial charge in [0.2, 0.25) is 0 Å². The number of imide groups is 1. The van der Waals surface area contributed by atoms with E-state index in [9.17, 15) is 19.5 Å². The molecule has 2 amide bonds. The van der Waals surface area contributed by atoms with Gasteiger partial charge in [0.15, 0.2) is 0 Å². The van der Waals surface area contributed by atoms with E-state index in [0.717, 1.165) is 22.9 Å². The summed E-state index contributed by atoms with van der Waals surface area (Å²) >= 11 is 0.808. The number of carbonyl (C=O) groups is 3. The molecule has 2 aromatic carbocycles. The largest absolute Gasteiger partial charge is 1.00 e. The zero-order valence-electron chi connectivity index (χ0n) is 16.0. The maximum absolute atomic E-state index is 11.5. The molecule has 0 bridgehead atoms. The maximum Gasteiger partial charge on any atom is 1.00 e. The van der Waals surface area contributed by atoms with Gasteiger partial charge in [-0.05, 0) is 47.9 Å². The second-order valence-electron chi connectivity index (χ2n) is 5.74. The zero-order valence-corrected chi connectivity index (χ0v) is 20.8. The first kappa shape index (κ1) is 25.9. The van der Waals surface area contributed by atoms with Crippen LogP contribution in [0.1, 0.15) is 11.1 Å². The molecule has 2 aromatic rings. The molecule has 1 atom stereocenters. The standard InChI is InChI=1S/C19H16N2O5S.2Na/c20-15(18(23)24)9-11-1-5-13(6-2-11)26-14-7-3-12(4-8-14)10-16-17(22)21-19(25)27-16;;/h1-8,10,15H,9,20H2,(H2,21,22,23,24,25);;/q;2*+1/p-2/b16-10-;;/t15-;;/m0../s1. The van der Waals surface area contributed by atoms with Crippen LogP contribution < -0.4 is 74.7 Å². The van der Waals surface area contributed by atoms with Crippen molar-refractivity contribution in [3.05, 3.63) is 69.9 Å². The predicted octanol–water partition coefficient (Wildman–Crippen LogP) is -3.79. The van der Waals surface area contributed by atoms with E-state index in [1.165, 1.54) is 0 Å². The van der Waals surface area contributed by atoms with Gasteiger partial charge in [-0.2, -0.15) is 0 Å². The summed E-state index contributed by atoms with van der Waals surface area (Å²) in [7, 11) is 0. The molecular weight excluding hydrogens is 414 g/mol. The van der Waals surface area contributed by atoms with Crippen LogP contribution in [-0.2, 0) is 16.0 Å². The molecule has 1 saturated heterocycles. The fraction of sp³-hybridized carbons (Fsp3) is 0.105. The number of rotatable bonds is 6. The first-order valence-corrected chi connectivity index (χ1v) is 8.75. The third-order valence-corrected chi connectivity index (χ3v) is 4.47. The van der Waals surface area contributed by atoms with Crippen molar-refractivity contribution < 1.29 is 83.3 Å². The van der Waals surface area contributed by atoms with Crippen LogP contribution in [0.4, 0.5) is 4.79 Å². The fourth-order valence-corrected chi connectivity index (χ4v) is 2.98. The van der Waals surface area contributed by atoms with E-state index in [2.05, 4.69) is 5.32 Å². The molecule has 138 valence electrons. The van der Waals surface area contributed by atoms with Crippen molar-refractivity contribution in [3.8, 4) is 11.5 Å². The Morgan fingerprint density at radius 2 is 1.62 bits per heavy atom. The van der Waals surface area contributed by atoms with Crippen molar-refractivity contribution in [2.45, 2.75) is 12.5 Å². The summed E-state index contributed by atoms with van der Waals surface area (Å²) in [5, 5.41) is 13.5. The third kappa shape index (κ3) is 7.58. The van der Waals surface area contributed by atoms with Crippen LogP contribution in [0.25, 0.3) is 11.4 Å². The number of carboxylic acid groups (broad SMARTS) is 1. The minimum atomic E-state index is -1.29. The molecule has 0 unspecified atom stereocenters. The molecule has 29 heavy (non-hydrogen) atoms. The van der Waals surface area contributed by atoms with Gasteiger partial charge >= 0.3 is 59.1 Å². The number of carboxylic acids is 1. The fourth-order valence-electron chi connectivity index (χ4n) is 2.34. The van der Waals surface area contributed by atoms with Crippen LogP contribution in [0, 0.1) is 0 Å². The molecule has 0 saturated carbocycles. The van der Waals surface area contributed by atoms with E-state index in [4.69, 9.17) is 10.5 Å². The monoisotopic (exact) mass is 428 g/mol. The summed E-state index contributed by atoms with van der Waals surface area (Å²) in [6.45, 7) is 0. The normalized spacial score (nSPS) is 15.1. The number of ether oxygens (including phenoxy) is 1. The van der Waals surface area contributed by atoms with Gasteiger partial charge in [0.05, 0.1) is 11.9 Å². The Bertz CT molecular complexity index is 917. The Kier molecular flexibility index (Phi) is 10.7. The van der Waals surface area contributed by atoms with Gasteiger partial charge in [-0.1, -0.05) is 36.0 Å². The Morgan fingerprint density at radius 3 is 2.10 bits per heavy atom. The van der Waals surface area contributed by atoms with Gasteiger partial charge in [0.25, 0.3) is 0 Å². The van der Waals surface area contributed by atoms with Crippen LogP contribution in [0.2, 0.25) is 0 Å². The van der Waals surface area contributed by atoms with Crippen molar-refractivity contribution >= 4 is 35.0 Å². The number of amides is 2. The SMILES string of the molecule is N[C@@H](Cc1ccc(Oc2ccc(/C=C3\SC(=O)[N-]C3=O)cc2)cc1)C(=O)[O-].[Na+].[Na+].